The van der Waals surface area contributed by atoms with E-state index in [9.17, 15) is 9.59 Å². The third-order valence-corrected chi connectivity index (χ3v) is 6.14. The van der Waals surface area contributed by atoms with Crippen LogP contribution in [0.15, 0.2) is 30.5 Å². The summed E-state index contributed by atoms with van der Waals surface area (Å²) in [5, 5.41) is 1.31. The van der Waals surface area contributed by atoms with Gasteiger partial charge < -0.3 is 4.98 Å². The summed E-state index contributed by atoms with van der Waals surface area (Å²) >= 11 is 0. The van der Waals surface area contributed by atoms with Gasteiger partial charge in [-0.15, -0.1) is 0 Å². The van der Waals surface area contributed by atoms with Crippen molar-refractivity contribution in [3.8, 4) is 0 Å². The van der Waals surface area contributed by atoms with Crippen LogP contribution in [-0.4, -0.2) is 77.3 Å². The van der Waals surface area contributed by atoms with Gasteiger partial charge in [0.1, 0.15) is 0 Å². The fourth-order valence-electron chi connectivity index (χ4n) is 4.64. The maximum absolute atomic E-state index is 12.1. The van der Waals surface area contributed by atoms with Crippen LogP contribution in [0.5, 0.6) is 0 Å². The average Bonchev–Trinajstić information content (AvgIpc) is 3.04. The van der Waals surface area contributed by atoms with Crippen molar-refractivity contribution in [2.75, 3.05) is 33.7 Å². The molecule has 2 amide bonds. The van der Waals surface area contributed by atoms with Crippen LogP contribution in [0.1, 0.15) is 11.1 Å². The highest BCUT2D eigenvalue weighted by molar-refractivity contribution is 6.00. The predicted octanol–water partition coefficient (Wildman–Crippen LogP) is 1.09. The molecule has 1 saturated heterocycles. The first-order valence-corrected chi connectivity index (χ1v) is 9.07. The lowest BCUT2D eigenvalue weighted by atomic mass is 9.81. The van der Waals surface area contributed by atoms with E-state index >= 15 is 0 Å². The number of amides is 2. The number of nitrogens with one attached hydrogen (secondary N) is 1. The van der Waals surface area contributed by atoms with Crippen LogP contribution in [0.25, 0.3) is 16.5 Å². The molecule has 6 heteroatoms. The number of aromatic nitrogens is 1. The van der Waals surface area contributed by atoms with Crippen molar-refractivity contribution in [3.05, 3.63) is 41.6 Å². The second kappa shape index (κ2) is 5.53. The molecule has 0 unspecified atom stereocenters. The molecule has 1 aliphatic carbocycles. The lowest BCUT2D eigenvalue weighted by Crippen LogP contribution is -2.58. The van der Waals surface area contributed by atoms with Gasteiger partial charge in [0.15, 0.2) is 0 Å². The molecule has 1 aromatic carbocycles. The van der Waals surface area contributed by atoms with Gasteiger partial charge >= 0.3 is 0 Å². The molecular weight excluding hydrogens is 328 g/mol. The topological polar surface area (TPSA) is 59.7 Å². The van der Waals surface area contributed by atoms with Gasteiger partial charge in [-0.2, -0.15) is 0 Å². The number of fused-ring (bicyclic) bond motifs is 2. The predicted molar refractivity (Wildman–Crippen MR) is 99.5 cm³/mol. The van der Waals surface area contributed by atoms with Crippen LogP contribution in [0.3, 0.4) is 0 Å². The highest BCUT2D eigenvalue weighted by atomic mass is 16.2. The van der Waals surface area contributed by atoms with Crippen LogP contribution in [0, 0.1) is 0 Å². The molecule has 3 aliphatic rings. The number of H-pyrrole nitrogens is 1. The minimum absolute atomic E-state index is 0.0728. The molecule has 0 bridgehead atoms. The van der Waals surface area contributed by atoms with Gasteiger partial charge in [-0.1, -0.05) is 18.2 Å². The first-order chi connectivity index (χ1) is 12.5. The van der Waals surface area contributed by atoms with E-state index in [1.807, 2.05) is 4.90 Å². The van der Waals surface area contributed by atoms with Crippen molar-refractivity contribution in [1.29, 1.82) is 0 Å². The Hall–Kier alpha value is -2.44. The van der Waals surface area contributed by atoms with Crippen molar-refractivity contribution in [2.24, 2.45) is 0 Å². The molecule has 26 heavy (non-hydrogen) atoms. The van der Waals surface area contributed by atoms with E-state index in [4.69, 9.17) is 0 Å². The Morgan fingerprint density at radius 1 is 1.12 bits per heavy atom. The Morgan fingerprint density at radius 3 is 2.65 bits per heavy atom. The third kappa shape index (κ3) is 2.19. The van der Waals surface area contributed by atoms with E-state index in [0.717, 1.165) is 13.0 Å². The van der Waals surface area contributed by atoms with Crippen LogP contribution >= 0.6 is 0 Å². The normalized spacial score (nSPS) is 27.0. The van der Waals surface area contributed by atoms with Crippen molar-refractivity contribution in [2.45, 2.75) is 18.5 Å². The van der Waals surface area contributed by atoms with Crippen LogP contribution < -0.4 is 0 Å². The maximum atomic E-state index is 12.1. The van der Waals surface area contributed by atoms with Crippen molar-refractivity contribution in [1.82, 2.24) is 19.7 Å². The molecular formula is C20H22N4O2. The molecule has 1 N–H and O–H groups in total. The second-order valence-corrected chi connectivity index (χ2v) is 7.64. The zero-order valence-corrected chi connectivity index (χ0v) is 15.0. The molecule has 6 nitrogen and oxygen atoms in total. The van der Waals surface area contributed by atoms with Gasteiger partial charge in [0.05, 0.1) is 13.1 Å². The summed E-state index contributed by atoms with van der Waals surface area (Å²) in [6.45, 7) is 1.43. The maximum Gasteiger partial charge on any atom is 0.243 e. The molecule has 3 heterocycles. The quantitative estimate of drug-likeness (QED) is 0.783. The minimum Gasteiger partial charge on any atom is -0.361 e. The second-order valence-electron chi connectivity index (χ2n) is 7.64. The van der Waals surface area contributed by atoms with Gasteiger partial charge in [0, 0.05) is 42.8 Å². The lowest BCUT2D eigenvalue weighted by molar-refractivity contribution is -0.150. The van der Waals surface area contributed by atoms with Crippen LogP contribution in [-0.2, 0) is 16.0 Å². The van der Waals surface area contributed by atoms with E-state index < -0.39 is 0 Å². The smallest absolute Gasteiger partial charge is 0.243 e. The molecule has 2 atom stereocenters. The molecule has 0 spiro atoms. The van der Waals surface area contributed by atoms with Crippen LogP contribution in [0.2, 0.25) is 0 Å². The van der Waals surface area contributed by atoms with Crippen molar-refractivity contribution < 1.29 is 9.59 Å². The molecule has 2 aliphatic heterocycles. The number of carbonyl (C=O) groups is 2. The minimum atomic E-state index is -0.122. The van der Waals surface area contributed by atoms with Gasteiger partial charge in [-0.3, -0.25) is 24.3 Å². The fourth-order valence-corrected chi connectivity index (χ4v) is 4.64. The van der Waals surface area contributed by atoms with E-state index in [1.54, 1.807) is 7.05 Å². The summed E-state index contributed by atoms with van der Waals surface area (Å²) in [4.78, 5) is 33.3. The lowest BCUT2D eigenvalue weighted by Gasteiger charge is -2.44. The summed E-state index contributed by atoms with van der Waals surface area (Å²) < 4.78 is 0. The molecule has 1 aromatic heterocycles. The number of aromatic amines is 1. The Labute approximate surface area is 152 Å². The van der Waals surface area contributed by atoms with E-state index in [1.165, 1.54) is 32.5 Å². The van der Waals surface area contributed by atoms with E-state index in [2.05, 4.69) is 47.4 Å². The summed E-state index contributed by atoms with van der Waals surface area (Å²) in [6.07, 6.45) is 5.41. The highest BCUT2D eigenvalue weighted by Crippen LogP contribution is 2.40. The Kier molecular flexibility index (Phi) is 3.36. The number of nitrogens with zero attached hydrogens (tertiary/aromatic N) is 3. The van der Waals surface area contributed by atoms with E-state index in [-0.39, 0.29) is 17.9 Å². The standard InChI is InChI=1S/C20H22N4O2/c1-22-9-13(24-10-18(25)23(2)19(26)11-24)7-15-14-4-3-5-16-20(14)12(8-21-16)6-17(15)22/h3-5,7-8,13,17,21H,6,9-11H2,1-2H3/t13-,17-/m1/s1. The van der Waals surface area contributed by atoms with Gasteiger partial charge in [0.25, 0.3) is 0 Å². The molecule has 0 saturated carbocycles. The van der Waals surface area contributed by atoms with Gasteiger partial charge in [-0.05, 0) is 36.2 Å². The number of carbonyl (C=O) groups excluding carboxylic acids is 2. The largest absolute Gasteiger partial charge is 0.361 e. The third-order valence-electron chi connectivity index (χ3n) is 6.14. The van der Waals surface area contributed by atoms with Crippen molar-refractivity contribution >= 4 is 28.3 Å². The van der Waals surface area contributed by atoms with Gasteiger partial charge in [-0.25, -0.2) is 0 Å². The number of imide groups is 1. The monoisotopic (exact) mass is 350 g/mol. The highest BCUT2D eigenvalue weighted by Gasteiger charge is 2.38. The zero-order chi connectivity index (χ0) is 18.0. The summed E-state index contributed by atoms with van der Waals surface area (Å²) in [5.74, 6) is -0.244. The number of likely N-dealkylation sites (N-methyl/N-ethyl adjacent to an activating group) is 2. The number of hydrogen-bond donors (Lipinski definition) is 1. The molecule has 1 fully saturated rings. The zero-order valence-electron chi connectivity index (χ0n) is 15.0. The van der Waals surface area contributed by atoms with Crippen molar-refractivity contribution in [3.63, 3.8) is 0 Å². The number of rotatable bonds is 1. The van der Waals surface area contributed by atoms with Crippen LogP contribution in [0.4, 0.5) is 0 Å². The Bertz CT molecular complexity index is 942. The summed E-state index contributed by atoms with van der Waals surface area (Å²) in [6, 6.07) is 6.81. The molecule has 5 rings (SSSR count). The first-order valence-electron chi connectivity index (χ1n) is 9.07. The summed E-state index contributed by atoms with van der Waals surface area (Å²) in [7, 11) is 3.71. The molecule has 134 valence electrons. The first kappa shape index (κ1) is 15.8. The average molecular weight is 350 g/mol. The molecule has 0 radical (unpaired) electrons. The number of hydrogen-bond acceptors (Lipinski definition) is 4. The molecule has 2 aromatic rings. The Morgan fingerprint density at radius 2 is 1.88 bits per heavy atom. The number of benzene rings is 1. The number of piperazine rings is 1. The fraction of sp³-hybridized carbons (Fsp3) is 0.400. The Balaban J connectivity index is 1.57. The van der Waals surface area contributed by atoms with Gasteiger partial charge in [0.2, 0.25) is 11.8 Å². The van der Waals surface area contributed by atoms with E-state index in [0.29, 0.717) is 19.1 Å². The SMILES string of the molecule is CN1C(=O)CN([C@@H]2C=C3c4cccc5[nH]cc(c45)C[C@H]3N(C)C2)CC1=O. The summed E-state index contributed by atoms with van der Waals surface area (Å²) in [5.41, 5.74) is 5.14.